The fourth-order valence-corrected chi connectivity index (χ4v) is 3.50. The molecule has 0 bridgehead atoms. The molecule has 1 aromatic heterocycles. The molecule has 1 aromatic rings. The lowest BCUT2D eigenvalue weighted by Crippen LogP contribution is -2.44. The summed E-state index contributed by atoms with van der Waals surface area (Å²) in [6.07, 6.45) is 1.93. The fraction of sp³-hybridized carbons (Fsp3) is 0.833. The van der Waals surface area contributed by atoms with Gasteiger partial charge in [0.15, 0.2) is 5.16 Å². The van der Waals surface area contributed by atoms with Crippen molar-refractivity contribution in [2.45, 2.75) is 49.7 Å². The molecule has 6 nitrogen and oxygen atoms in total. The molecular formula is C12H22N4O2S. The van der Waals surface area contributed by atoms with E-state index in [0.717, 1.165) is 31.1 Å². The second kappa shape index (κ2) is 7.12. The number of aromatic nitrogens is 3. The van der Waals surface area contributed by atoms with Crippen LogP contribution in [0.15, 0.2) is 9.95 Å². The van der Waals surface area contributed by atoms with E-state index in [1.165, 1.54) is 0 Å². The van der Waals surface area contributed by atoms with E-state index in [0.29, 0.717) is 24.4 Å². The van der Waals surface area contributed by atoms with Crippen LogP contribution >= 0.6 is 11.8 Å². The first-order valence-corrected chi connectivity index (χ1v) is 7.77. The van der Waals surface area contributed by atoms with Gasteiger partial charge in [-0.05, 0) is 19.4 Å². The second-order valence-electron chi connectivity index (χ2n) is 4.65. The van der Waals surface area contributed by atoms with Crippen LogP contribution in [0.4, 0.5) is 0 Å². The Kier molecular flexibility index (Phi) is 5.47. The summed E-state index contributed by atoms with van der Waals surface area (Å²) in [6, 6.07) is 0.422. The molecule has 2 atom stereocenters. The monoisotopic (exact) mass is 286 g/mol. The fourth-order valence-electron chi connectivity index (χ4n) is 2.27. The Labute approximate surface area is 117 Å². The zero-order chi connectivity index (χ0) is 13.7. The number of hydrogen-bond acceptors (Lipinski definition) is 5. The van der Waals surface area contributed by atoms with E-state index in [-0.39, 0.29) is 5.69 Å². The third-order valence-electron chi connectivity index (χ3n) is 3.20. The van der Waals surface area contributed by atoms with Gasteiger partial charge in [-0.25, -0.2) is 9.89 Å². The van der Waals surface area contributed by atoms with Crippen molar-refractivity contribution in [1.29, 1.82) is 0 Å². The Morgan fingerprint density at radius 2 is 2.42 bits per heavy atom. The number of nitrogens with zero attached hydrogens (tertiary/aromatic N) is 2. The maximum atomic E-state index is 11.7. The van der Waals surface area contributed by atoms with Crippen molar-refractivity contribution in [1.82, 2.24) is 20.1 Å². The normalized spacial score (nSPS) is 23.7. The van der Waals surface area contributed by atoms with E-state index in [4.69, 9.17) is 4.74 Å². The quantitative estimate of drug-likeness (QED) is 0.811. The van der Waals surface area contributed by atoms with Crippen LogP contribution in [0, 0.1) is 0 Å². The topological polar surface area (TPSA) is 71.9 Å². The van der Waals surface area contributed by atoms with E-state index in [9.17, 15) is 4.79 Å². The van der Waals surface area contributed by atoms with Gasteiger partial charge < -0.3 is 10.1 Å². The lowest BCUT2D eigenvalue weighted by Gasteiger charge is -2.31. The summed E-state index contributed by atoms with van der Waals surface area (Å²) in [5, 5.41) is 11.2. The minimum atomic E-state index is -0.124. The number of ether oxygens (including phenoxy) is 1. The molecule has 2 N–H and O–H groups in total. The van der Waals surface area contributed by atoms with E-state index in [1.54, 1.807) is 16.3 Å². The third-order valence-corrected chi connectivity index (χ3v) is 4.49. The van der Waals surface area contributed by atoms with Crippen LogP contribution in [0.5, 0.6) is 0 Å². The summed E-state index contributed by atoms with van der Waals surface area (Å²) in [6.45, 7) is 7.32. The standard InChI is InChI=1S/C12H22N4O2S/c1-3-6-16-11(17)14-15-12(16)19-10-8-18-7-5-9(10)13-4-2/h9-10,13H,3-8H2,1-2H3,(H,14,17). The molecular weight excluding hydrogens is 264 g/mol. The molecule has 7 heteroatoms. The van der Waals surface area contributed by atoms with Gasteiger partial charge in [-0.15, -0.1) is 5.10 Å². The third kappa shape index (κ3) is 3.61. The highest BCUT2D eigenvalue weighted by molar-refractivity contribution is 7.99. The molecule has 0 radical (unpaired) electrons. The Hall–Kier alpha value is -0.790. The predicted octanol–water partition coefficient (Wildman–Crippen LogP) is 0.840. The molecule has 1 saturated heterocycles. The van der Waals surface area contributed by atoms with Crippen LogP contribution in [0.1, 0.15) is 26.7 Å². The van der Waals surface area contributed by atoms with Crippen molar-refractivity contribution in [3.8, 4) is 0 Å². The van der Waals surface area contributed by atoms with Crippen molar-refractivity contribution >= 4 is 11.8 Å². The maximum Gasteiger partial charge on any atom is 0.343 e. The average molecular weight is 286 g/mol. The highest BCUT2D eigenvalue weighted by atomic mass is 32.2. The van der Waals surface area contributed by atoms with Gasteiger partial charge in [-0.1, -0.05) is 25.6 Å². The SMILES string of the molecule is CCCn1c(SC2COCCC2NCC)n[nH]c1=O. The van der Waals surface area contributed by atoms with Gasteiger partial charge in [0.25, 0.3) is 0 Å². The maximum absolute atomic E-state index is 11.7. The van der Waals surface area contributed by atoms with Gasteiger partial charge in [-0.3, -0.25) is 4.57 Å². The molecule has 1 aliphatic heterocycles. The number of H-pyrrole nitrogens is 1. The van der Waals surface area contributed by atoms with Crippen molar-refractivity contribution in [2.75, 3.05) is 19.8 Å². The van der Waals surface area contributed by atoms with Crippen LogP contribution in [0.2, 0.25) is 0 Å². The Balaban J connectivity index is 2.08. The molecule has 2 heterocycles. The first-order chi connectivity index (χ1) is 9.26. The number of aromatic amines is 1. The number of rotatable bonds is 6. The summed E-state index contributed by atoms with van der Waals surface area (Å²) >= 11 is 1.63. The van der Waals surface area contributed by atoms with Crippen molar-refractivity contribution in [3.05, 3.63) is 10.5 Å². The van der Waals surface area contributed by atoms with Crippen molar-refractivity contribution in [2.24, 2.45) is 0 Å². The summed E-state index contributed by atoms with van der Waals surface area (Å²) in [5.41, 5.74) is -0.124. The number of hydrogen-bond donors (Lipinski definition) is 2. The van der Waals surface area contributed by atoms with Crippen LogP contribution in [-0.2, 0) is 11.3 Å². The minimum Gasteiger partial charge on any atom is -0.380 e. The average Bonchev–Trinajstić information content (AvgIpc) is 2.75. The van der Waals surface area contributed by atoms with Gasteiger partial charge in [0.05, 0.1) is 11.9 Å². The zero-order valence-corrected chi connectivity index (χ0v) is 12.3. The van der Waals surface area contributed by atoms with E-state index >= 15 is 0 Å². The van der Waals surface area contributed by atoms with Gasteiger partial charge in [-0.2, -0.15) is 0 Å². The molecule has 1 fully saturated rings. The van der Waals surface area contributed by atoms with Crippen molar-refractivity contribution < 1.29 is 4.74 Å². The molecule has 19 heavy (non-hydrogen) atoms. The minimum absolute atomic E-state index is 0.124. The van der Waals surface area contributed by atoms with Crippen LogP contribution in [0.25, 0.3) is 0 Å². The van der Waals surface area contributed by atoms with Crippen LogP contribution < -0.4 is 11.0 Å². The largest absolute Gasteiger partial charge is 0.380 e. The van der Waals surface area contributed by atoms with Crippen LogP contribution in [0.3, 0.4) is 0 Å². The lowest BCUT2D eigenvalue weighted by molar-refractivity contribution is 0.0836. The molecule has 0 amide bonds. The number of thioether (sulfide) groups is 1. The molecule has 1 aliphatic rings. The second-order valence-corrected chi connectivity index (χ2v) is 5.85. The first-order valence-electron chi connectivity index (χ1n) is 6.89. The molecule has 0 aromatic carbocycles. The van der Waals surface area contributed by atoms with E-state index in [2.05, 4.69) is 29.4 Å². The van der Waals surface area contributed by atoms with Gasteiger partial charge >= 0.3 is 5.69 Å². The van der Waals surface area contributed by atoms with E-state index in [1.807, 2.05) is 0 Å². The first kappa shape index (κ1) is 14.6. The Morgan fingerprint density at radius 3 is 3.16 bits per heavy atom. The molecule has 108 valence electrons. The Bertz CT molecular complexity index is 443. The molecule has 0 spiro atoms. The Morgan fingerprint density at radius 1 is 1.58 bits per heavy atom. The smallest absolute Gasteiger partial charge is 0.343 e. The predicted molar refractivity (Wildman–Crippen MR) is 75.7 cm³/mol. The molecule has 0 aliphatic carbocycles. The summed E-state index contributed by atoms with van der Waals surface area (Å²) in [4.78, 5) is 11.7. The van der Waals surface area contributed by atoms with Gasteiger partial charge in [0, 0.05) is 19.2 Å². The highest BCUT2D eigenvalue weighted by Gasteiger charge is 2.27. The summed E-state index contributed by atoms with van der Waals surface area (Å²) in [5.74, 6) is 0. The summed E-state index contributed by atoms with van der Waals surface area (Å²) in [7, 11) is 0. The van der Waals surface area contributed by atoms with Crippen LogP contribution in [-0.4, -0.2) is 45.8 Å². The molecule has 2 rings (SSSR count). The van der Waals surface area contributed by atoms with Gasteiger partial charge in [0.1, 0.15) is 0 Å². The number of nitrogens with one attached hydrogen (secondary N) is 2. The van der Waals surface area contributed by atoms with Gasteiger partial charge in [0.2, 0.25) is 0 Å². The lowest BCUT2D eigenvalue weighted by atomic mass is 10.1. The zero-order valence-electron chi connectivity index (χ0n) is 11.5. The van der Waals surface area contributed by atoms with E-state index < -0.39 is 0 Å². The van der Waals surface area contributed by atoms with Crippen molar-refractivity contribution in [3.63, 3.8) is 0 Å². The molecule has 2 unspecified atom stereocenters. The summed E-state index contributed by atoms with van der Waals surface area (Å²) < 4.78 is 7.26. The highest BCUT2D eigenvalue weighted by Crippen LogP contribution is 2.27. The molecule has 0 saturated carbocycles.